The Morgan fingerprint density at radius 1 is 1.00 bits per heavy atom. The predicted octanol–water partition coefficient (Wildman–Crippen LogP) is 5.79. The Balaban J connectivity index is 2.27. The Morgan fingerprint density at radius 3 is 1.83 bits per heavy atom. The average molecular weight is 391 g/mol. The zero-order valence-electron chi connectivity index (χ0n) is 14.8. The van der Waals surface area contributed by atoms with Crippen molar-refractivity contribution < 1.29 is 5.11 Å². The van der Waals surface area contributed by atoms with Crippen molar-refractivity contribution in [1.82, 2.24) is 0 Å². The molecule has 1 nitrogen and oxygen atoms in total. The van der Waals surface area contributed by atoms with Crippen molar-refractivity contribution in [3.8, 4) is 0 Å². The third-order valence-corrected chi connectivity index (χ3v) is 11.6. The molecule has 2 aliphatic heterocycles. The number of thioether (sulfide) groups is 4. The summed E-state index contributed by atoms with van der Waals surface area (Å²) < 4.78 is -0.230. The van der Waals surface area contributed by atoms with E-state index in [4.69, 9.17) is 0 Å². The van der Waals surface area contributed by atoms with E-state index in [1.165, 1.54) is 41.4 Å². The first-order valence-corrected chi connectivity index (χ1v) is 12.4. The Hall–Kier alpha value is 0.880. The second kappa shape index (κ2) is 8.51. The molecule has 0 saturated carbocycles. The average Bonchev–Trinajstić information content (AvgIpc) is 2.52. The van der Waals surface area contributed by atoms with Crippen molar-refractivity contribution in [2.45, 2.75) is 67.1 Å². The number of allylic oxidation sites excluding steroid dienone is 1. The van der Waals surface area contributed by atoms with E-state index in [2.05, 4.69) is 39.5 Å². The highest BCUT2D eigenvalue weighted by Gasteiger charge is 2.60. The molecule has 0 aromatic heterocycles. The van der Waals surface area contributed by atoms with E-state index in [0.29, 0.717) is 0 Å². The van der Waals surface area contributed by atoms with Crippen LogP contribution in [0.5, 0.6) is 0 Å². The van der Waals surface area contributed by atoms with E-state index < -0.39 is 5.60 Å². The van der Waals surface area contributed by atoms with Crippen LogP contribution >= 0.6 is 47.0 Å². The van der Waals surface area contributed by atoms with Crippen molar-refractivity contribution >= 4 is 47.0 Å². The third kappa shape index (κ3) is 4.54. The molecule has 2 rings (SSSR count). The molecular weight excluding hydrogens is 360 g/mol. The fourth-order valence-electron chi connectivity index (χ4n) is 3.17. The van der Waals surface area contributed by atoms with Gasteiger partial charge in [0.15, 0.2) is 0 Å². The Kier molecular flexibility index (Phi) is 7.47. The normalized spacial score (nSPS) is 23.9. The first-order chi connectivity index (χ1) is 10.8. The minimum Gasteiger partial charge on any atom is -0.385 e. The molecule has 132 valence electrons. The van der Waals surface area contributed by atoms with E-state index in [0.717, 1.165) is 12.8 Å². The van der Waals surface area contributed by atoms with Crippen molar-refractivity contribution in [2.75, 3.05) is 23.0 Å². The molecule has 1 N–H and O–H groups in total. The molecule has 0 aromatic rings. The van der Waals surface area contributed by atoms with E-state index in [1.807, 2.05) is 47.0 Å². The monoisotopic (exact) mass is 390 g/mol. The lowest BCUT2D eigenvalue weighted by molar-refractivity contribution is 0.0168. The summed E-state index contributed by atoms with van der Waals surface area (Å²) in [4.78, 5) is 0. The highest BCUT2D eigenvalue weighted by Crippen LogP contribution is 2.61. The zero-order chi connectivity index (χ0) is 17.0. The molecule has 0 aromatic carbocycles. The Bertz CT molecular complexity index is 428. The molecule has 0 bridgehead atoms. The molecule has 0 atom stereocenters. The molecule has 0 radical (unpaired) electrons. The molecule has 2 aliphatic rings. The van der Waals surface area contributed by atoms with Gasteiger partial charge in [-0.1, -0.05) is 0 Å². The third-order valence-electron chi connectivity index (χ3n) is 4.63. The van der Waals surface area contributed by atoms with Crippen molar-refractivity contribution in [2.24, 2.45) is 0 Å². The van der Waals surface area contributed by atoms with Gasteiger partial charge in [-0.15, -0.1) is 52.8 Å². The van der Waals surface area contributed by atoms with Gasteiger partial charge < -0.3 is 5.11 Å². The van der Waals surface area contributed by atoms with E-state index >= 15 is 0 Å². The lowest BCUT2D eigenvalue weighted by atomic mass is 9.89. The van der Waals surface area contributed by atoms with Crippen LogP contribution in [0.4, 0.5) is 0 Å². The van der Waals surface area contributed by atoms with Crippen LogP contribution in [-0.4, -0.2) is 41.9 Å². The number of rotatable bonds is 5. The molecule has 0 spiro atoms. The number of hydrogen-bond acceptors (Lipinski definition) is 5. The molecule has 5 heteroatoms. The predicted molar refractivity (Wildman–Crippen MR) is 113 cm³/mol. The van der Waals surface area contributed by atoms with Crippen LogP contribution in [0.2, 0.25) is 0 Å². The van der Waals surface area contributed by atoms with Gasteiger partial charge in [-0.25, -0.2) is 0 Å². The van der Waals surface area contributed by atoms with Crippen LogP contribution in [0.15, 0.2) is 17.4 Å². The van der Waals surface area contributed by atoms with Crippen LogP contribution in [0.1, 0.15) is 53.4 Å². The molecule has 23 heavy (non-hydrogen) atoms. The van der Waals surface area contributed by atoms with Crippen LogP contribution in [-0.2, 0) is 0 Å². The van der Waals surface area contributed by atoms with Crippen LogP contribution in [0.25, 0.3) is 0 Å². The van der Waals surface area contributed by atoms with Crippen LogP contribution in [0.3, 0.4) is 0 Å². The lowest BCUT2D eigenvalue weighted by Gasteiger charge is -2.55. The van der Waals surface area contributed by atoms with E-state index in [1.54, 1.807) is 0 Å². The van der Waals surface area contributed by atoms with Gasteiger partial charge >= 0.3 is 0 Å². The first-order valence-electron chi connectivity index (χ1n) is 8.50. The Morgan fingerprint density at radius 2 is 1.43 bits per heavy atom. The minimum atomic E-state index is -0.675. The fraction of sp³-hybridized carbons (Fsp3) is 0.833. The Labute approximate surface area is 159 Å². The maximum Gasteiger partial charge on any atom is 0.112 e. The SMILES string of the molecule is CC(C)=C=CCCC(O)(C1(C)SCCCS1)C1(C)SCCCS1. The molecular formula is C18H30OS4. The standard InChI is InChI=1S/C18H30OS4/c1-15(2)9-5-6-10-18(19,16(3)20-11-7-12-21-16)17(4)22-13-8-14-23-17/h5,19H,6-8,10-14H2,1-4H3. The summed E-state index contributed by atoms with van der Waals surface area (Å²) in [5.41, 5.74) is 3.83. The van der Waals surface area contributed by atoms with Crippen LogP contribution in [0, 0.1) is 0 Å². The number of aliphatic hydroxyl groups is 1. The molecule has 2 fully saturated rings. The van der Waals surface area contributed by atoms with Crippen molar-refractivity contribution in [3.05, 3.63) is 17.4 Å². The first kappa shape index (κ1) is 20.2. The van der Waals surface area contributed by atoms with Gasteiger partial charge in [0.05, 0.1) is 8.16 Å². The van der Waals surface area contributed by atoms with Crippen LogP contribution < -0.4 is 0 Å². The highest BCUT2D eigenvalue weighted by molar-refractivity contribution is 8.20. The highest BCUT2D eigenvalue weighted by atomic mass is 32.2. The summed E-state index contributed by atoms with van der Waals surface area (Å²) in [5, 5.41) is 12.0. The largest absolute Gasteiger partial charge is 0.385 e. The summed E-state index contributed by atoms with van der Waals surface area (Å²) in [7, 11) is 0. The summed E-state index contributed by atoms with van der Waals surface area (Å²) in [6.07, 6.45) is 6.35. The maximum absolute atomic E-state index is 12.0. The summed E-state index contributed by atoms with van der Waals surface area (Å²) >= 11 is 7.90. The van der Waals surface area contributed by atoms with E-state index in [9.17, 15) is 5.11 Å². The van der Waals surface area contributed by atoms with Gasteiger partial charge in [0.25, 0.3) is 0 Å². The van der Waals surface area contributed by atoms with E-state index in [-0.39, 0.29) is 8.16 Å². The second-order valence-corrected chi connectivity index (χ2v) is 13.3. The number of hydrogen-bond donors (Lipinski definition) is 1. The van der Waals surface area contributed by atoms with Crippen molar-refractivity contribution in [3.63, 3.8) is 0 Å². The van der Waals surface area contributed by atoms with Gasteiger partial charge in [-0.2, -0.15) is 0 Å². The summed E-state index contributed by atoms with van der Waals surface area (Å²) in [6, 6.07) is 0. The maximum atomic E-state index is 12.0. The lowest BCUT2D eigenvalue weighted by Crippen LogP contribution is -2.61. The van der Waals surface area contributed by atoms with Gasteiger partial charge in [-0.3, -0.25) is 0 Å². The molecule has 0 aliphatic carbocycles. The molecule has 2 heterocycles. The van der Waals surface area contributed by atoms with Gasteiger partial charge in [0.1, 0.15) is 5.60 Å². The summed E-state index contributed by atoms with van der Waals surface area (Å²) in [5.74, 6) is 4.67. The van der Waals surface area contributed by atoms with Crippen molar-refractivity contribution in [1.29, 1.82) is 0 Å². The molecule has 0 amide bonds. The zero-order valence-corrected chi connectivity index (χ0v) is 18.1. The molecule has 0 unspecified atom stereocenters. The smallest absolute Gasteiger partial charge is 0.112 e. The quantitative estimate of drug-likeness (QED) is 0.597. The fourth-order valence-corrected chi connectivity index (χ4v) is 10.4. The molecule has 2 saturated heterocycles. The van der Waals surface area contributed by atoms with Gasteiger partial charge in [0.2, 0.25) is 0 Å². The topological polar surface area (TPSA) is 20.2 Å². The second-order valence-electron chi connectivity index (χ2n) is 6.74. The van der Waals surface area contributed by atoms with Gasteiger partial charge in [0, 0.05) is 0 Å². The van der Waals surface area contributed by atoms with Gasteiger partial charge in [-0.05, 0) is 88.0 Å². The minimum absolute atomic E-state index is 0.115. The summed E-state index contributed by atoms with van der Waals surface area (Å²) in [6.45, 7) is 8.72.